The Balaban J connectivity index is 2.16. The molecule has 0 saturated carbocycles. The van der Waals surface area contributed by atoms with Crippen LogP contribution in [0.5, 0.6) is 0 Å². The van der Waals surface area contributed by atoms with Crippen molar-refractivity contribution in [2.45, 2.75) is 21.5 Å². The summed E-state index contributed by atoms with van der Waals surface area (Å²) < 4.78 is 28.6. The third-order valence-electron chi connectivity index (χ3n) is 2.47. The molecule has 0 aliphatic rings. The first kappa shape index (κ1) is 15.4. The van der Waals surface area contributed by atoms with Crippen LogP contribution < -0.4 is 0 Å². The van der Waals surface area contributed by atoms with Gasteiger partial charge in [0, 0.05) is 11.2 Å². The molecule has 0 saturated heterocycles. The Bertz CT molecular complexity index is 740. The standard InChI is InChI=1S/C11H12N4O4S2/c1-19-10(16)7-15-11(12-13-14-15)20-8-3-5-9(6-4-8)21(2,17)18/h3-6H,7H2,1-2H3. The van der Waals surface area contributed by atoms with Crippen molar-refractivity contribution in [2.75, 3.05) is 13.4 Å². The van der Waals surface area contributed by atoms with Crippen molar-refractivity contribution in [3.05, 3.63) is 24.3 Å². The lowest BCUT2D eigenvalue weighted by molar-refractivity contribution is -0.141. The van der Waals surface area contributed by atoms with E-state index in [1.54, 1.807) is 12.1 Å². The molecule has 2 rings (SSSR count). The topological polar surface area (TPSA) is 104 Å². The van der Waals surface area contributed by atoms with Crippen LogP contribution in [0.2, 0.25) is 0 Å². The SMILES string of the molecule is COC(=O)Cn1nnnc1Sc1ccc(S(C)(=O)=O)cc1. The van der Waals surface area contributed by atoms with E-state index in [0.717, 1.165) is 11.2 Å². The second-order valence-electron chi connectivity index (χ2n) is 4.04. The molecular formula is C11H12N4O4S2. The minimum atomic E-state index is -3.23. The Labute approximate surface area is 125 Å². The summed E-state index contributed by atoms with van der Waals surface area (Å²) in [5.41, 5.74) is 0. The molecule has 8 nitrogen and oxygen atoms in total. The Hall–Kier alpha value is -1.94. The lowest BCUT2D eigenvalue weighted by Gasteiger charge is -2.04. The molecular weight excluding hydrogens is 316 g/mol. The van der Waals surface area contributed by atoms with Gasteiger partial charge >= 0.3 is 5.97 Å². The Morgan fingerprint density at radius 2 is 2.00 bits per heavy atom. The first-order chi connectivity index (χ1) is 9.90. The van der Waals surface area contributed by atoms with Crippen LogP contribution in [0.15, 0.2) is 39.2 Å². The van der Waals surface area contributed by atoms with Crippen LogP contribution in [0, 0.1) is 0 Å². The summed E-state index contributed by atoms with van der Waals surface area (Å²) in [6.07, 6.45) is 1.14. The Morgan fingerprint density at radius 1 is 1.33 bits per heavy atom. The van der Waals surface area contributed by atoms with Gasteiger partial charge in [-0.3, -0.25) is 4.79 Å². The molecule has 0 spiro atoms. The highest BCUT2D eigenvalue weighted by Crippen LogP contribution is 2.26. The molecule has 0 aliphatic heterocycles. The first-order valence-corrected chi connectivity index (χ1v) is 8.42. The highest BCUT2D eigenvalue weighted by atomic mass is 32.2. The van der Waals surface area contributed by atoms with Gasteiger partial charge in [0.05, 0.1) is 12.0 Å². The molecule has 0 bridgehead atoms. The number of carbonyl (C=O) groups is 1. The van der Waals surface area contributed by atoms with Gasteiger partial charge in [0.15, 0.2) is 9.84 Å². The van der Waals surface area contributed by atoms with Crippen LogP contribution in [-0.2, 0) is 25.9 Å². The fourth-order valence-electron chi connectivity index (χ4n) is 1.42. The quantitative estimate of drug-likeness (QED) is 0.727. The number of sulfone groups is 1. The predicted molar refractivity (Wildman–Crippen MR) is 73.5 cm³/mol. The van der Waals surface area contributed by atoms with Crippen molar-refractivity contribution in [1.82, 2.24) is 20.2 Å². The third kappa shape index (κ3) is 4.02. The summed E-state index contributed by atoms with van der Waals surface area (Å²) >= 11 is 1.22. The highest BCUT2D eigenvalue weighted by molar-refractivity contribution is 7.99. The normalized spacial score (nSPS) is 11.3. The predicted octanol–water partition coefficient (Wildman–Crippen LogP) is 0.401. The minimum Gasteiger partial charge on any atom is -0.468 e. The smallest absolute Gasteiger partial charge is 0.327 e. The van der Waals surface area contributed by atoms with Crippen molar-refractivity contribution in [1.29, 1.82) is 0 Å². The first-order valence-electron chi connectivity index (χ1n) is 5.71. The minimum absolute atomic E-state index is 0.0900. The second kappa shape index (κ2) is 6.22. The molecule has 0 atom stereocenters. The van der Waals surface area contributed by atoms with Gasteiger partial charge in [0.25, 0.3) is 0 Å². The lowest BCUT2D eigenvalue weighted by Crippen LogP contribution is -2.13. The van der Waals surface area contributed by atoms with E-state index in [2.05, 4.69) is 20.3 Å². The summed E-state index contributed by atoms with van der Waals surface area (Å²) in [7, 11) is -1.94. The molecule has 2 aromatic rings. The zero-order chi connectivity index (χ0) is 15.5. The number of esters is 1. The summed E-state index contributed by atoms with van der Waals surface area (Å²) in [5, 5.41) is 11.4. The van der Waals surface area contributed by atoms with E-state index in [1.807, 2.05) is 0 Å². The molecule has 0 N–H and O–H groups in total. The number of methoxy groups -OCH3 is 1. The summed E-state index contributed by atoms with van der Waals surface area (Å²) in [4.78, 5) is 12.2. The van der Waals surface area contributed by atoms with Gasteiger partial charge in [-0.2, -0.15) is 0 Å². The summed E-state index contributed by atoms with van der Waals surface area (Å²) in [6, 6.07) is 6.31. The maximum atomic E-state index is 11.4. The number of carbonyl (C=O) groups excluding carboxylic acids is 1. The molecule has 0 unspecified atom stereocenters. The van der Waals surface area contributed by atoms with Crippen LogP contribution in [0.1, 0.15) is 0 Å². The molecule has 0 amide bonds. The van der Waals surface area contributed by atoms with Crippen molar-refractivity contribution in [3.8, 4) is 0 Å². The number of rotatable bonds is 5. The number of nitrogens with zero attached hydrogens (tertiary/aromatic N) is 4. The number of ether oxygens (including phenoxy) is 1. The average Bonchev–Trinajstić information content (AvgIpc) is 2.85. The average molecular weight is 328 g/mol. The van der Waals surface area contributed by atoms with E-state index in [4.69, 9.17) is 0 Å². The highest BCUT2D eigenvalue weighted by Gasteiger charge is 2.13. The maximum Gasteiger partial charge on any atom is 0.327 e. The molecule has 10 heteroatoms. The number of tetrazole rings is 1. The molecule has 1 heterocycles. The fraction of sp³-hybridized carbons (Fsp3) is 0.273. The van der Waals surface area contributed by atoms with Gasteiger partial charge in [-0.05, 0) is 46.5 Å². The Morgan fingerprint density at radius 3 is 2.57 bits per heavy atom. The van der Waals surface area contributed by atoms with E-state index in [9.17, 15) is 13.2 Å². The molecule has 0 aliphatic carbocycles. The van der Waals surface area contributed by atoms with Crippen LogP contribution >= 0.6 is 11.8 Å². The van der Waals surface area contributed by atoms with Crippen molar-refractivity contribution < 1.29 is 17.9 Å². The van der Waals surface area contributed by atoms with Crippen molar-refractivity contribution in [3.63, 3.8) is 0 Å². The zero-order valence-corrected chi connectivity index (χ0v) is 12.9. The molecule has 21 heavy (non-hydrogen) atoms. The van der Waals surface area contributed by atoms with Gasteiger partial charge in [0.1, 0.15) is 6.54 Å². The lowest BCUT2D eigenvalue weighted by atomic mass is 10.4. The molecule has 112 valence electrons. The molecule has 1 aromatic carbocycles. The summed E-state index contributed by atoms with van der Waals surface area (Å²) in [5.74, 6) is -0.462. The van der Waals surface area contributed by atoms with E-state index >= 15 is 0 Å². The zero-order valence-electron chi connectivity index (χ0n) is 11.3. The van der Waals surface area contributed by atoms with Gasteiger partial charge in [-0.15, -0.1) is 5.10 Å². The summed E-state index contributed by atoms with van der Waals surface area (Å²) in [6.45, 7) is -0.0900. The van der Waals surface area contributed by atoms with Gasteiger partial charge in [-0.1, -0.05) is 0 Å². The van der Waals surface area contributed by atoms with E-state index < -0.39 is 15.8 Å². The molecule has 0 fully saturated rings. The largest absolute Gasteiger partial charge is 0.468 e. The third-order valence-corrected chi connectivity index (χ3v) is 4.58. The molecule has 1 aromatic heterocycles. The van der Waals surface area contributed by atoms with Crippen molar-refractivity contribution in [2.24, 2.45) is 0 Å². The van der Waals surface area contributed by atoms with E-state index in [-0.39, 0.29) is 11.4 Å². The number of hydrogen-bond donors (Lipinski definition) is 0. The van der Waals surface area contributed by atoms with Gasteiger partial charge in [0.2, 0.25) is 5.16 Å². The fourth-order valence-corrected chi connectivity index (χ4v) is 2.81. The van der Waals surface area contributed by atoms with Gasteiger partial charge < -0.3 is 4.74 Å². The maximum absolute atomic E-state index is 11.4. The second-order valence-corrected chi connectivity index (χ2v) is 7.10. The van der Waals surface area contributed by atoms with Crippen LogP contribution in [-0.4, -0.2) is 48.0 Å². The van der Waals surface area contributed by atoms with Gasteiger partial charge in [-0.25, -0.2) is 13.1 Å². The van der Waals surface area contributed by atoms with Crippen molar-refractivity contribution >= 4 is 27.6 Å². The monoisotopic (exact) mass is 328 g/mol. The van der Waals surface area contributed by atoms with Crippen LogP contribution in [0.3, 0.4) is 0 Å². The van der Waals surface area contributed by atoms with Crippen LogP contribution in [0.25, 0.3) is 0 Å². The number of hydrogen-bond acceptors (Lipinski definition) is 8. The van der Waals surface area contributed by atoms with E-state index in [0.29, 0.717) is 5.16 Å². The van der Waals surface area contributed by atoms with Crippen LogP contribution in [0.4, 0.5) is 0 Å². The van der Waals surface area contributed by atoms with E-state index in [1.165, 1.54) is 35.7 Å². The Kier molecular flexibility index (Phi) is 4.58. The number of aromatic nitrogens is 4. The molecule has 0 radical (unpaired) electrons. The number of benzene rings is 1.